The molecule has 0 fully saturated rings. The minimum Gasteiger partial charge on any atom is -0.382 e. The van der Waals surface area contributed by atoms with Gasteiger partial charge in [0.15, 0.2) is 5.78 Å². The second kappa shape index (κ2) is 9.34. The Morgan fingerprint density at radius 1 is 1.12 bits per heavy atom. The topological polar surface area (TPSA) is 54.4 Å². The summed E-state index contributed by atoms with van der Waals surface area (Å²) in [5.41, 5.74) is -1.32. The molecule has 1 unspecified atom stereocenters. The normalized spacial score (nSPS) is 14.3. The lowest BCUT2D eigenvalue weighted by molar-refractivity contribution is -0.137. The van der Waals surface area contributed by atoms with Crippen LogP contribution >= 0.6 is 0 Å². The molecule has 0 aliphatic heterocycles. The fraction of sp³-hybridized carbons (Fsp3) is 0.857. The van der Waals surface area contributed by atoms with E-state index < -0.39 is 5.60 Å². The van der Waals surface area contributed by atoms with Gasteiger partial charge in [0, 0.05) is 0 Å². The van der Waals surface area contributed by atoms with E-state index in [0.717, 1.165) is 19.3 Å². The maximum atomic E-state index is 11.4. The first kappa shape index (κ1) is 16.3. The maximum Gasteiger partial charge on any atom is 0.171 e. The molecule has 0 aliphatic carbocycles. The van der Waals surface area contributed by atoms with Crippen LogP contribution in [0.5, 0.6) is 0 Å². The number of Topliss-reactive ketones (excluding diaryl/α,β-unsaturated/α-hetero) is 1. The summed E-state index contributed by atoms with van der Waals surface area (Å²) in [4.78, 5) is 21.6. The van der Waals surface area contributed by atoms with Crippen molar-refractivity contribution in [2.24, 2.45) is 0 Å². The Bertz CT molecular complexity index is 222. The molecule has 0 aliphatic rings. The number of aldehydes is 1. The molecule has 0 bridgehead atoms. The van der Waals surface area contributed by atoms with Gasteiger partial charge in [-0.05, 0) is 13.3 Å². The molecule has 0 rings (SSSR count). The number of carbonyl (C=O) groups excluding carboxylic acids is 2. The van der Waals surface area contributed by atoms with Gasteiger partial charge in [0.1, 0.15) is 11.9 Å². The number of carbonyl (C=O) groups is 2. The van der Waals surface area contributed by atoms with Crippen molar-refractivity contribution in [3.63, 3.8) is 0 Å². The molecule has 0 heterocycles. The first-order valence-electron chi connectivity index (χ1n) is 6.74. The van der Waals surface area contributed by atoms with E-state index in [1.54, 1.807) is 0 Å². The highest BCUT2D eigenvalue weighted by Gasteiger charge is 2.28. The van der Waals surface area contributed by atoms with Crippen molar-refractivity contribution in [3.8, 4) is 0 Å². The van der Waals surface area contributed by atoms with E-state index in [9.17, 15) is 14.7 Å². The van der Waals surface area contributed by atoms with Gasteiger partial charge in [-0.1, -0.05) is 51.9 Å². The van der Waals surface area contributed by atoms with Gasteiger partial charge >= 0.3 is 0 Å². The van der Waals surface area contributed by atoms with Crippen LogP contribution in [0.3, 0.4) is 0 Å². The van der Waals surface area contributed by atoms with E-state index in [2.05, 4.69) is 6.92 Å². The van der Waals surface area contributed by atoms with E-state index >= 15 is 0 Å². The molecule has 0 aromatic carbocycles. The van der Waals surface area contributed by atoms with Crippen molar-refractivity contribution in [1.82, 2.24) is 0 Å². The van der Waals surface area contributed by atoms with E-state index in [0.29, 0.717) is 12.7 Å². The molecule has 17 heavy (non-hydrogen) atoms. The van der Waals surface area contributed by atoms with Crippen molar-refractivity contribution < 1.29 is 14.7 Å². The van der Waals surface area contributed by atoms with Crippen molar-refractivity contribution in [3.05, 3.63) is 0 Å². The Balaban J connectivity index is 3.58. The third kappa shape index (κ3) is 8.08. The second-order valence-electron chi connectivity index (χ2n) is 4.94. The summed E-state index contributed by atoms with van der Waals surface area (Å²) in [6.45, 7) is 3.70. The third-order valence-corrected chi connectivity index (χ3v) is 3.14. The minimum absolute atomic E-state index is 0.177. The molecule has 0 saturated carbocycles. The fourth-order valence-corrected chi connectivity index (χ4v) is 1.86. The van der Waals surface area contributed by atoms with Crippen molar-refractivity contribution in [2.75, 3.05) is 0 Å². The number of rotatable bonds is 11. The molecule has 0 radical (unpaired) electrons. The van der Waals surface area contributed by atoms with Gasteiger partial charge in [0.05, 0.1) is 6.42 Å². The summed E-state index contributed by atoms with van der Waals surface area (Å²) in [6.07, 6.45) is 8.95. The van der Waals surface area contributed by atoms with Crippen LogP contribution in [0.25, 0.3) is 0 Å². The highest BCUT2D eigenvalue weighted by atomic mass is 16.3. The number of ketones is 1. The van der Waals surface area contributed by atoms with Crippen LogP contribution in [0.2, 0.25) is 0 Å². The van der Waals surface area contributed by atoms with Gasteiger partial charge in [-0.25, -0.2) is 0 Å². The summed E-state index contributed by atoms with van der Waals surface area (Å²) in [7, 11) is 0. The molecule has 0 spiro atoms. The predicted molar refractivity (Wildman–Crippen MR) is 68.9 cm³/mol. The van der Waals surface area contributed by atoms with E-state index in [4.69, 9.17) is 0 Å². The first-order valence-corrected chi connectivity index (χ1v) is 6.74. The van der Waals surface area contributed by atoms with Gasteiger partial charge in [-0.2, -0.15) is 0 Å². The molecular formula is C14H26O3. The fourth-order valence-electron chi connectivity index (χ4n) is 1.86. The maximum absolute atomic E-state index is 11.4. The molecule has 3 heteroatoms. The highest BCUT2D eigenvalue weighted by Crippen LogP contribution is 2.18. The number of unbranched alkanes of at least 4 members (excludes halogenated alkanes) is 6. The van der Waals surface area contributed by atoms with Crippen LogP contribution in [0, 0.1) is 0 Å². The molecule has 0 aromatic heterocycles. The lowest BCUT2D eigenvalue weighted by Gasteiger charge is -2.20. The SMILES string of the molecule is CCCCCCCCCC(C)(O)C(=O)CC=O. The molecule has 3 nitrogen and oxygen atoms in total. The summed E-state index contributed by atoms with van der Waals surface area (Å²) in [5.74, 6) is -0.363. The lowest BCUT2D eigenvalue weighted by Crippen LogP contribution is -2.35. The standard InChI is InChI=1S/C14H26O3/c1-3-4-5-6-7-8-9-11-14(2,17)13(16)10-12-15/h12,17H,3-11H2,1-2H3. The van der Waals surface area contributed by atoms with E-state index in [1.807, 2.05) is 0 Å². The number of aliphatic hydroxyl groups is 1. The molecule has 1 N–H and O–H groups in total. The Kier molecular flexibility index (Phi) is 8.96. The van der Waals surface area contributed by atoms with Crippen LogP contribution in [-0.2, 0) is 9.59 Å². The molecule has 0 aromatic rings. The summed E-state index contributed by atoms with van der Waals surface area (Å²) >= 11 is 0. The van der Waals surface area contributed by atoms with Gasteiger partial charge in [-0.3, -0.25) is 4.79 Å². The minimum atomic E-state index is -1.32. The van der Waals surface area contributed by atoms with E-state index in [-0.39, 0.29) is 12.2 Å². The van der Waals surface area contributed by atoms with Crippen LogP contribution in [0.15, 0.2) is 0 Å². The summed E-state index contributed by atoms with van der Waals surface area (Å²) in [5, 5.41) is 9.85. The number of hydrogen-bond acceptors (Lipinski definition) is 3. The van der Waals surface area contributed by atoms with Crippen molar-refractivity contribution in [1.29, 1.82) is 0 Å². The third-order valence-electron chi connectivity index (χ3n) is 3.14. The Morgan fingerprint density at radius 2 is 1.65 bits per heavy atom. The summed E-state index contributed by atoms with van der Waals surface area (Å²) in [6, 6.07) is 0. The smallest absolute Gasteiger partial charge is 0.171 e. The monoisotopic (exact) mass is 242 g/mol. The zero-order chi connectivity index (χ0) is 13.1. The van der Waals surface area contributed by atoms with Gasteiger partial charge < -0.3 is 9.90 Å². The number of hydrogen-bond donors (Lipinski definition) is 1. The predicted octanol–water partition coefficient (Wildman–Crippen LogP) is 3.04. The van der Waals surface area contributed by atoms with Gasteiger partial charge in [0.25, 0.3) is 0 Å². The molecule has 1 atom stereocenters. The lowest BCUT2D eigenvalue weighted by atomic mass is 9.92. The average Bonchev–Trinajstić information content (AvgIpc) is 2.28. The second-order valence-corrected chi connectivity index (χ2v) is 4.94. The van der Waals surface area contributed by atoms with Crippen LogP contribution in [0.4, 0.5) is 0 Å². The zero-order valence-corrected chi connectivity index (χ0v) is 11.2. The van der Waals surface area contributed by atoms with Crippen LogP contribution in [0.1, 0.15) is 71.6 Å². The van der Waals surface area contributed by atoms with Crippen molar-refractivity contribution in [2.45, 2.75) is 77.2 Å². The Morgan fingerprint density at radius 3 is 2.18 bits per heavy atom. The largest absolute Gasteiger partial charge is 0.382 e. The van der Waals surface area contributed by atoms with Crippen LogP contribution < -0.4 is 0 Å². The molecule has 0 amide bonds. The summed E-state index contributed by atoms with van der Waals surface area (Å²) < 4.78 is 0. The molecular weight excluding hydrogens is 216 g/mol. The molecule has 0 saturated heterocycles. The highest BCUT2D eigenvalue weighted by molar-refractivity contribution is 5.95. The van der Waals surface area contributed by atoms with E-state index in [1.165, 1.54) is 32.6 Å². The average molecular weight is 242 g/mol. The molecule has 100 valence electrons. The van der Waals surface area contributed by atoms with Crippen molar-refractivity contribution >= 4 is 12.1 Å². The Labute approximate surface area is 105 Å². The first-order chi connectivity index (χ1) is 8.04. The zero-order valence-electron chi connectivity index (χ0n) is 11.2. The van der Waals surface area contributed by atoms with Gasteiger partial charge in [0.2, 0.25) is 0 Å². The Hall–Kier alpha value is -0.700. The quantitative estimate of drug-likeness (QED) is 0.344. The van der Waals surface area contributed by atoms with Gasteiger partial charge in [-0.15, -0.1) is 0 Å². The van der Waals surface area contributed by atoms with Crippen LogP contribution in [-0.4, -0.2) is 22.8 Å².